The first-order valence-electron chi connectivity index (χ1n) is 9.02. The van der Waals surface area contributed by atoms with Gasteiger partial charge in [-0.1, -0.05) is 12.1 Å². The smallest absolute Gasteiger partial charge is 0.127 e. The average molecular weight is 342 g/mol. The van der Waals surface area contributed by atoms with Crippen LogP contribution in [0.4, 0.5) is 0 Å². The van der Waals surface area contributed by atoms with E-state index in [0.29, 0.717) is 6.54 Å². The van der Waals surface area contributed by atoms with E-state index in [9.17, 15) is 5.11 Å². The maximum absolute atomic E-state index is 10.5. The Bertz CT molecular complexity index is 711. The average Bonchev–Trinajstić information content (AvgIpc) is 3.22. The van der Waals surface area contributed by atoms with Gasteiger partial charge in [0.05, 0.1) is 25.9 Å². The number of imidazole rings is 1. The number of β-amino-alcohol motifs (C(OH)–C–C–N with tert-alkyl or cyclic N) is 1. The highest BCUT2D eigenvalue weighted by Gasteiger charge is 2.36. The van der Waals surface area contributed by atoms with Gasteiger partial charge < -0.3 is 14.4 Å². The lowest BCUT2D eigenvalue weighted by Crippen LogP contribution is -2.48. The molecule has 2 aliphatic rings. The molecule has 2 fully saturated rings. The molecule has 0 saturated carbocycles. The fourth-order valence-electron chi connectivity index (χ4n) is 3.91. The molecule has 2 saturated heterocycles. The minimum atomic E-state index is -0.305. The quantitative estimate of drug-likeness (QED) is 0.900. The Morgan fingerprint density at radius 1 is 1.24 bits per heavy atom. The summed E-state index contributed by atoms with van der Waals surface area (Å²) in [6.45, 7) is 7.77. The zero-order valence-corrected chi connectivity index (χ0v) is 14.7. The molecule has 2 atom stereocenters. The minimum Gasteiger partial charge on any atom is -0.390 e. The van der Waals surface area contributed by atoms with Crippen molar-refractivity contribution in [3.8, 4) is 5.69 Å². The number of rotatable bonds is 4. The Kier molecular flexibility index (Phi) is 4.85. The van der Waals surface area contributed by atoms with Gasteiger partial charge in [0.1, 0.15) is 5.82 Å². The number of aliphatic hydroxyl groups is 1. The van der Waals surface area contributed by atoms with Crippen LogP contribution in [0.2, 0.25) is 0 Å². The van der Waals surface area contributed by atoms with E-state index in [2.05, 4.69) is 50.5 Å². The molecular weight excluding hydrogens is 316 g/mol. The van der Waals surface area contributed by atoms with E-state index < -0.39 is 0 Å². The van der Waals surface area contributed by atoms with Crippen molar-refractivity contribution in [1.29, 1.82) is 0 Å². The molecule has 2 aliphatic heterocycles. The third kappa shape index (κ3) is 3.62. The summed E-state index contributed by atoms with van der Waals surface area (Å²) in [6, 6.07) is 8.65. The molecule has 134 valence electrons. The zero-order valence-electron chi connectivity index (χ0n) is 14.7. The van der Waals surface area contributed by atoms with Crippen LogP contribution in [0.1, 0.15) is 11.4 Å². The number of aliphatic hydroxyl groups excluding tert-OH is 1. The van der Waals surface area contributed by atoms with Gasteiger partial charge in [0.25, 0.3) is 0 Å². The third-order valence-corrected chi connectivity index (χ3v) is 5.21. The molecule has 0 spiro atoms. The predicted molar refractivity (Wildman–Crippen MR) is 95.8 cm³/mol. The van der Waals surface area contributed by atoms with Gasteiger partial charge in [-0.15, -0.1) is 0 Å². The van der Waals surface area contributed by atoms with Gasteiger partial charge in [-0.3, -0.25) is 9.80 Å². The van der Waals surface area contributed by atoms with Crippen LogP contribution in [-0.2, 0) is 11.3 Å². The number of aromatic nitrogens is 2. The van der Waals surface area contributed by atoms with Crippen molar-refractivity contribution >= 4 is 0 Å². The maximum atomic E-state index is 10.5. The molecule has 0 unspecified atom stereocenters. The molecule has 6 heteroatoms. The van der Waals surface area contributed by atoms with Gasteiger partial charge in [0.15, 0.2) is 0 Å². The van der Waals surface area contributed by atoms with E-state index in [1.54, 1.807) is 0 Å². The van der Waals surface area contributed by atoms with Gasteiger partial charge >= 0.3 is 0 Å². The number of likely N-dealkylation sites (tertiary alicyclic amines) is 1. The van der Waals surface area contributed by atoms with E-state index in [1.807, 2.05) is 12.4 Å². The molecule has 3 heterocycles. The number of hydrogen-bond acceptors (Lipinski definition) is 5. The van der Waals surface area contributed by atoms with Crippen molar-refractivity contribution in [2.45, 2.75) is 25.6 Å². The van der Waals surface area contributed by atoms with Crippen molar-refractivity contribution in [2.75, 3.05) is 39.4 Å². The second-order valence-corrected chi connectivity index (χ2v) is 7.03. The van der Waals surface area contributed by atoms with Gasteiger partial charge in [0, 0.05) is 50.3 Å². The zero-order chi connectivity index (χ0) is 17.2. The summed E-state index contributed by atoms with van der Waals surface area (Å²) in [7, 11) is 0. The lowest BCUT2D eigenvalue weighted by Gasteiger charge is -2.33. The summed E-state index contributed by atoms with van der Waals surface area (Å²) in [4.78, 5) is 9.22. The lowest BCUT2D eigenvalue weighted by molar-refractivity contribution is -0.00618. The molecule has 4 rings (SSSR count). The Labute approximate surface area is 148 Å². The fraction of sp³-hybridized carbons (Fsp3) is 0.526. The van der Waals surface area contributed by atoms with Crippen LogP contribution in [0.15, 0.2) is 36.7 Å². The van der Waals surface area contributed by atoms with Crippen molar-refractivity contribution in [3.63, 3.8) is 0 Å². The highest BCUT2D eigenvalue weighted by Crippen LogP contribution is 2.21. The maximum Gasteiger partial charge on any atom is 0.127 e. The summed E-state index contributed by atoms with van der Waals surface area (Å²) < 4.78 is 7.57. The van der Waals surface area contributed by atoms with Gasteiger partial charge in [-0.25, -0.2) is 4.98 Å². The van der Waals surface area contributed by atoms with E-state index >= 15 is 0 Å². The summed E-state index contributed by atoms with van der Waals surface area (Å²) in [5, 5.41) is 10.5. The molecule has 1 N–H and O–H groups in total. The molecule has 0 aliphatic carbocycles. The Morgan fingerprint density at radius 2 is 2.08 bits per heavy atom. The Morgan fingerprint density at radius 3 is 2.88 bits per heavy atom. The minimum absolute atomic E-state index is 0.200. The molecular formula is C19H26N4O2. The summed E-state index contributed by atoms with van der Waals surface area (Å²) >= 11 is 0. The number of hydrogen-bond donors (Lipinski definition) is 1. The normalized spacial score (nSPS) is 25.5. The fourth-order valence-corrected chi connectivity index (χ4v) is 3.91. The largest absolute Gasteiger partial charge is 0.390 e. The first-order valence-corrected chi connectivity index (χ1v) is 9.02. The van der Waals surface area contributed by atoms with Crippen LogP contribution in [0.25, 0.3) is 5.69 Å². The third-order valence-electron chi connectivity index (χ3n) is 5.21. The second-order valence-electron chi connectivity index (χ2n) is 7.03. The first kappa shape index (κ1) is 16.7. The molecule has 1 aromatic carbocycles. The highest BCUT2D eigenvalue weighted by atomic mass is 16.5. The van der Waals surface area contributed by atoms with E-state index in [4.69, 9.17) is 4.74 Å². The van der Waals surface area contributed by atoms with Crippen molar-refractivity contribution in [2.24, 2.45) is 0 Å². The van der Waals surface area contributed by atoms with Gasteiger partial charge in [-0.2, -0.15) is 0 Å². The molecule has 6 nitrogen and oxygen atoms in total. The van der Waals surface area contributed by atoms with Crippen molar-refractivity contribution in [3.05, 3.63) is 48.0 Å². The van der Waals surface area contributed by atoms with E-state index in [-0.39, 0.29) is 12.1 Å². The molecule has 25 heavy (non-hydrogen) atoms. The summed E-state index contributed by atoms with van der Waals surface area (Å²) in [5.74, 6) is 1.01. The summed E-state index contributed by atoms with van der Waals surface area (Å²) in [6.07, 6.45) is 3.56. The predicted octanol–water partition coefficient (Wildman–Crippen LogP) is 1.06. The molecule has 0 amide bonds. The molecule has 2 aromatic rings. The monoisotopic (exact) mass is 342 g/mol. The van der Waals surface area contributed by atoms with Crippen LogP contribution in [0, 0.1) is 6.92 Å². The van der Waals surface area contributed by atoms with Crippen LogP contribution < -0.4 is 0 Å². The van der Waals surface area contributed by atoms with Crippen LogP contribution >= 0.6 is 0 Å². The van der Waals surface area contributed by atoms with Crippen LogP contribution in [0.5, 0.6) is 0 Å². The number of nitrogens with zero attached hydrogens (tertiary/aromatic N) is 4. The number of aryl methyl sites for hydroxylation is 1. The first-order chi connectivity index (χ1) is 12.2. The molecule has 0 radical (unpaired) electrons. The van der Waals surface area contributed by atoms with Crippen LogP contribution in [0.3, 0.4) is 0 Å². The summed E-state index contributed by atoms with van der Waals surface area (Å²) in [5.41, 5.74) is 2.37. The van der Waals surface area contributed by atoms with E-state index in [1.165, 1.54) is 5.56 Å². The SMILES string of the molecule is Cc1cccc(-n2ccnc2CN2C[C@H](O)[C@@H](N3CCOCC3)C2)c1. The van der Waals surface area contributed by atoms with Crippen molar-refractivity contribution in [1.82, 2.24) is 19.4 Å². The number of morpholine rings is 1. The molecule has 0 bridgehead atoms. The van der Waals surface area contributed by atoms with Crippen LogP contribution in [-0.4, -0.2) is 76.0 Å². The lowest BCUT2D eigenvalue weighted by atomic mass is 10.2. The molecule has 1 aromatic heterocycles. The number of ether oxygens (including phenoxy) is 1. The van der Waals surface area contributed by atoms with Crippen molar-refractivity contribution < 1.29 is 9.84 Å². The number of benzene rings is 1. The Balaban J connectivity index is 1.46. The van der Waals surface area contributed by atoms with Gasteiger partial charge in [0.2, 0.25) is 0 Å². The second kappa shape index (κ2) is 7.25. The standard InChI is InChI=1S/C19H26N4O2/c1-15-3-2-4-16(11-15)23-6-5-20-19(23)14-21-12-17(18(24)13-21)22-7-9-25-10-8-22/h2-6,11,17-18,24H,7-10,12-14H2,1H3/t17-,18-/m0/s1. The van der Waals surface area contributed by atoms with Gasteiger partial charge in [-0.05, 0) is 24.6 Å². The Hall–Kier alpha value is -1.73. The van der Waals surface area contributed by atoms with E-state index in [0.717, 1.165) is 50.9 Å². The highest BCUT2D eigenvalue weighted by molar-refractivity contribution is 5.36. The topological polar surface area (TPSA) is 53.8 Å².